The largest absolute Gasteiger partial charge is 0.478 e. The lowest BCUT2D eigenvalue weighted by atomic mass is 10.1. The molecule has 0 saturated heterocycles. The van der Waals surface area contributed by atoms with E-state index in [0.717, 1.165) is 5.56 Å². The van der Waals surface area contributed by atoms with Gasteiger partial charge >= 0.3 is 17.9 Å². The first-order chi connectivity index (χ1) is 12.4. The van der Waals surface area contributed by atoms with Crippen molar-refractivity contribution in [1.29, 1.82) is 0 Å². The second-order valence-electron chi connectivity index (χ2n) is 5.31. The minimum Gasteiger partial charge on any atom is -0.478 e. The molecule has 0 aliphatic carbocycles. The van der Waals surface area contributed by atoms with E-state index in [-0.39, 0.29) is 22.7 Å². The van der Waals surface area contributed by atoms with Crippen LogP contribution in [0.25, 0.3) is 0 Å². The number of aliphatic hydroxyl groups excluding tert-OH is 1. The number of amides is 2. The number of rotatable bonds is 5. The number of hydrogen-bond donors (Lipinski definition) is 5. The predicted molar refractivity (Wildman–Crippen MR) is 97.2 cm³/mol. The Hall–Kier alpha value is -3.79. The van der Waals surface area contributed by atoms with Crippen LogP contribution < -0.4 is 15.6 Å². The number of aliphatic hydroxyl groups is 1. The maximum absolute atomic E-state index is 11.5. The molecule has 2 rings (SSSR count). The number of carbonyl (C=O) groups excluding carboxylic acids is 1. The quantitative estimate of drug-likeness (QED) is 0.313. The standard InChI is InChI=1S/C19H17N3O4/c1-3-16(12-7-5-4-6-8-12)22-17(23)13-9-14(18(24)25)11-15(10-13)21-19(26)20-2/h1,4-11,16H,2H3,(H,22,23)(H,24,25)(H2,20,21,26)/p+1/t16-/m1/s1. The number of nitrogens with one attached hydrogen (secondary N) is 3. The average molecular weight is 352 g/mol. The molecule has 1 atom stereocenters. The number of carboxylic acids is 1. The van der Waals surface area contributed by atoms with Crippen LogP contribution in [0, 0.1) is 12.3 Å². The molecule has 2 amide bonds. The van der Waals surface area contributed by atoms with Gasteiger partial charge in [-0.25, -0.2) is 9.59 Å². The van der Waals surface area contributed by atoms with Gasteiger partial charge in [-0.1, -0.05) is 30.3 Å². The monoisotopic (exact) mass is 352 g/mol. The number of urea groups is 1. The highest BCUT2D eigenvalue weighted by molar-refractivity contribution is 5.98. The van der Waals surface area contributed by atoms with Crippen LogP contribution in [0.15, 0.2) is 48.5 Å². The molecule has 0 saturated carbocycles. The summed E-state index contributed by atoms with van der Waals surface area (Å²) < 4.78 is 0. The van der Waals surface area contributed by atoms with Crippen LogP contribution in [0.1, 0.15) is 27.5 Å². The zero-order valence-corrected chi connectivity index (χ0v) is 14.0. The fourth-order valence-corrected chi connectivity index (χ4v) is 2.24. The molecule has 0 aliphatic rings. The van der Waals surface area contributed by atoms with E-state index in [2.05, 4.69) is 21.5 Å². The fraction of sp³-hybridized carbons (Fsp3) is 0.105. The van der Waals surface area contributed by atoms with Crippen LogP contribution in [0.4, 0.5) is 10.5 Å². The molecule has 0 aliphatic heterocycles. The van der Waals surface area contributed by atoms with Crippen molar-refractivity contribution < 1.29 is 24.8 Å². The van der Waals surface area contributed by atoms with E-state index in [4.69, 9.17) is 6.42 Å². The lowest BCUT2D eigenvalue weighted by Crippen LogP contribution is -2.74. The highest BCUT2D eigenvalue weighted by atomic mass is 16.4. The highest BCUT2D eigenvalue weighted by Crippen LogP contribution is 2.15. The third-order valence-electron chi connectivity index (χ3n) is 3.52. The first-order valence-electron chi connectivity index (χ1n) is 7.65. The predicted octanol–water partition coefficient (Wildman–Crippen LogP) is 0.896. The van der Waals surface area contributed by atoms with Crippen LogP contribution in [-0.4, -0.2) is 35.2 Å². The van der Waals surface area contributed by atoms with Crippen molar-refractivity contribution in [1.82, 2.24) is 5.32 Å². The van der Waals surface area contributed by atoms with E-state index in [0.29, 0.717) is 0 Å². The SMILES string of the molecule is C#C[C@@H]([NH+]=C(O)c1cc(NC(=O)NC)cc(C(=O)O)c1)c1ccccc1. The van der Waals surface area contributed by atoms with Gasteiger partial charge in [-0.3, -0.25) is 0 Å². The van der Waals surface area contributed by atoms with Crippen molar-refractivity contribution in [3.63, 3.8) is 0 Å². The Labute approximate surface area is 150 Å². The number of aromatic carboxylic acids is 1. The van der Waals surface area contributed by atoms with Gasteiger partial charge in [0.15, 0.2) is 0 Å². The Balaban J connectivity index is 2.43. The van der Waals surface area contributed by atoms with Gasteiger partial charge in [0.1, 0.15) is 0 Å². The fourth-order valence-electron chi connectivity index (χ4n) is 2.24. The lowest BCUT2D eigenvalue weighted by molar-refractivity contribution is -0.499. The first kappa shape index (κ1) is 18.5. The molecule has 0 spiro atoms. The van der Waals surface area contributed by atoms with Crippen LogP contribution in [0.5, 0.6) is 0 Å². The van der Waals surface area contributed by atoms with Gasteiger partial charge in [-0.2, -0.15) is 4.99 Å². The lowest BCUT2D eigenvalue weighted by Gasteiger charge is -2.07. The van der Waals surface area contributed by atoms with Crippen molar-refractivity contribution in [2.24, 2.45) is 0 Å². The topological polar surface area (TPSA) is 113 Å². The van der Waals surface area contributed by atoms with E-state index in [9.17, 15) is 19.8 Å². The second-order valence-corrected chi connectivity index (χ2v) is 5.31. The van der Waals surface area contributed by atoms with Crippen LogP contribution in [0.2, 0.25) is 0 Å². The molecular weight excluding hydrogens is 334 g/mol. The van der Waals surface area contributed by atoms with E-state index in [1.54, 1.807) is 12.1 Å². The van der Waals surface area contributed by atoms with Crippen molar-refractivity contribution in [2.75, 3.05) is 12.4 Å². The summed E-state index contributed by atoms with van der Waals surface area (Å²) in [7, 11) is 1.43. The first-order valence-corrected chi connectivity index (χ1v) is 7.65. The van der Waals surface area contributed by atoms with Crippen molar-refractivity contribution >= 4 is 23.6 Å². The zero-order chi connectivity index (χ0) is 19.1. The second kappa shape index (κ2) is 8.35. The summed E-state index contributed by atoms with van der Waals surface area (Å²) in [6.07, 6.45) is 5.53. The Morgan fingerprint density at radius 2 is 1.77 bits per heavy atom. The molecule has 0 unspecified atom stereocenters. The molecule has 2 aromatic rings. The molecule has 0 fully saturated rings. The summed E-state index contributed by atoms with van der Waals surface area (Å²) in [5, 5.41) is 24.5. The maximum Gasteiger partial charge on any atom is 0.367 e. The smallest absolute Gasteiger partial charge is 0.367 e. The summed E-state index contributed by atoms with van der Waals surface area (Å²) in [4.78, 5) is 25.6. The van der Waals surface area contributed by atoms with Gasteiger partial charge in [0.2, 0.25) is 6.04 Å². The van der Waals surface area contributed by atoms with Crippen molar-refractivity contribution in [3.8, 4) is 12.3 Å². The van der Waals surface area contributed by atoms with Crippen molar-refractivity contribution in [3.05, 3.63) is 65.2 Å². The molecule has 0 radical (unpaired) electrons. The van der Waals surface area contributed by atoms with Gasteiger partial charge in [-0.05, 0) is 24.1 Å². The van der Waals surface area contributed by atoms with E-state index in [1.165, 1.54) is 25.2 Å². The van der Waals surface area contributed by atoms with Gasteiger partial charge in [0.05, 0.1) is 11.1 Å². The summed E-state index contributed by atoms with van der Waals surface area (Å²) >= 11 is 0. The van der Waals surface area contributed by atoms with E-state index < -0.39 is 18.0 Å². The zero-order valence-electron chi connectivity index (χ0n) is 14.0. The van der Waals surface area contributed by atoms with Crippen LogP contribution in [0.3, 0.4) is 0 Å². The highest BCUT2D eigenvalue weighted by Gasteiger charge is 2.18. The summed E-state index contributed by atoms with van der Waals surface area (Å²) in [5.41, 5.74) is 1.05. The normalized spacial score (nSPS) is 11.9. The molecule has 7 heteroatoms. The van der Waals surface area contributed by atoms with Gasteiger partial charge in [0.25, 0.3) is 0 Å². The Morgan fingerprint density at radius 3 is 2.35 bits per heavy atom. The number of hydrogen-bond acceptors (Lipinski definition) is 2. The number of carboxylic acid groups (broad SMARTS) is 1. The third-order valence-corrected chi connectivity index (χ3v) is 3.52. The molecule has 0 bridgehead atoms. The number of terminal acetylenes is 1. The Kier molecular flexibility index (Phi) is 5.96. The van der Waals surface area contributed by atoms with E-state index >= 15 is 0 Å². The number of benzene rings is 2. The maximum atomic E-state index is 11.5. The number of anilines is 1. The number of carbonyl (C=O) groups is 2. The molecule has 0 aromatic heterocycles. The molecule has 26 heavy (non-hydrogen) atoms. The van der Waals surface area contributed by atoms with Crippen LogP contribution >= 0.6 is 0 Å². The van der Waals surface area contributed by atoms with Crippen molar-refractivity contribution in [2.45, 2.75) is 6.04 Å². The Bertz CT molecular complexity index is 885. The summed E-state index contributed by atoms with van der Waals surface area (Å²) in [6, 6.07) is 11.9. The third kappa shape index (κ3) is 4.61. The molecule has 5 N–H and O–H groups in total. The Morgan fingerprint density at radius 1 is 1.12 bits per heavy atom. The summed E-state index contributed by atoms with van der Waals surface area (Å²) in [6.45, 7) is 0. The molecule has 132 valence electrons. The van der Waals surface area contributed by atoms with Gasteiger partial charge in [-0.15, -0.1) is 6.42 Å². The molecule has 7 nitrogen and oxygen atoms in total. The van der Waals surface area contributed by atoms with Crippen LogP contribution in [-0.2, 0) is 0 Å². The van der Waals surface area contributed by atoms with Gasteiger partial charge < -0.3 is 20.8 Å². The average Bonchev–Trinajstić information content (AvgIpc) is 2.66. The molecular formula is C19H18N3O4+. The molecule has 0 heterocycles. The minimum atomic E-state index is -1.20. The van der Waals surface area contributed by atoms with Gasteiger partial charge in [0, 0.05) is 18.3 Å². The summed E-state index contributed by atoms with van der Waals surface area (Å²) in [5.74, 6) is 1.02. The molecule has 2 aromatic carbocycles. The van der Waals surface area contributed by atoms with E-state index in [1.807, 2.05) is 18.2 Å². The minimum absolute atomic E-state index is 0.0979.